The van der Waals surface area contributed by atoms with Crippen molar-refractivity contribution < 1.29 is 27.6 Å². The third kappa shape index (κ3) is 4.90. The molecular weight excluding hydrogens is 461 g/mol. The molecule has 0 aliphatic carbocycles. The number of nitrogens with one attached hydrogen (secondary N) is 1. The van der Waals surface area contributed by atoms with Gasteiger partial charge in [0.15, 0.2) is 11.6 Å². The first kappa shape index (κ1) is 20.7. The van der Waals surface area contributed by atoms with E-state index in [0.29, 0.717) is 0 Å². The molecule has 0 bridgehead atoms. The molecule has 0 saturated carbocycles. The summed E-state index contributed by atoms with van der Waals surface area (Å²) >= 11 is 3.08. The van der Waals surface area contributed by atoms with Crippen LogP contribution in [0, 0.1) is 15.9 Å². The van der Waals surface area contributed by atoms with Crippen LogP contribution < -0.4 is 10.1 Å². The third-order valence-corrected chi connectivity index (χ3v) is 4.31. The van der Waals surface area contributed by atoms with E-state index in [9.17, 15) is 23.3 Å². The van der Waals surface area contributed by atoms with Gasteiger partial charge in [-0.2, -0.15) is 8.78 Å². The van der Waals surface area contributed by atoms with E-state index in [0.717, 1.165) is 6.07 Å². The van der Waals surface area contributed by atoms with E-state index in [1.165, 1.54) is 24.5 Å². The highest BCUT2D eigenvalue weighted by Crippen LogP contribution is 2.35. The van der Waals surface area contributed by atoms with Gasteiger partial charge in [-0.15, -0.1) is 0 Å². The Bertz CT molecular complexity index is 1050. The molecule has 3 rings (SSSR count). The summed E-state index contributed by atoms with van der Waals surface area (Å²) in [4.78, 5) is 18.8. The number of anilines is 2. The van der Waals surface area contributed by atoms with Gasteiger partial charge in [0, 0.05) is 12.1 Å². The van der Waals surface area contributed by atoms with E-state index in [4.69, 9.17) is 4.74 Å². The zero-order chi connectivity index (χ0) is 21.0. The maximum atomic E-state index is 14.2. The zero-order valence-corrected chi connectivity index (χ0v) is 16.0. The molecule has 0 atom stereocenters. The van der Waals surface area contributed by atoms with Crippen LogP contribution in [0.15, 0.2) is 41.1 Å². The van der Waals surface area contributed by atoms with Crippen LogP contribution in [0.5, 0.6) is 5.75 Å². The van der Waals surface area contributed by atoms with Gasteiger partial charge in [-0.1, -0.05) is 6.07 Å². The lowest BCUT2D eigenvalue weighted by Crippen LogP contribution is -2.10. The Kier molecular flexibility index (Phi) is 6.44. The van der Waals surface area contributed by atoms with Crippen LogP contribution in [0.4, 0.5) is 30.4 Å². The van der Waals surface area contributed by atoms with Gasteiger partial charge >= 0.3 is 12.3 Å². The molecule has 152 valence electrons. The van der Waals surface area contributed by atoms with Crippen molar-refractivity contribution in [3.8, 4) is 5.75 Å². The number of ether oxygens (including phenoxy) is 2. The van der Waals surface area contributed by atoms with Crippen molar-refractivity contribution in [2.45, 2.75) is 6.61 Å². The monoisotopic (exact) mass is 472 g/mol. The number of alkyl halides is 2. The maximum absolute atomic E-state index is 14.2. The van der Waals surface area contributed by atoms with E-state index < -0.39 is 29.6 Å². The largest absolute Gasteiger partial charge is 0.484 e. The lowest BCUT2D eigenvalue weighted by atomic mass is 10.2. The van der Waals surface area contributed by atoms with Crippen LogP contribution in [-0.4, -0.2) is 34.7 Å². The Morgan fingerprint density at radius 3 is 2.76 bits per heavy atom. The molecule has 0 unspecified atom stereocenters. The Labute approximate surface area is 169 Å². The standard InChI is InChI=1S/C17H12BrF3N4O4/c18-10-2-1-3-11(15(10)19)24-16-9-6-13(25(26)27)14(7-12(9)22-8-23-16)28-4-5-29-17(20)21/h1-3,6-8,17H,4-5H2,(H,22,23,24). The lowest BCUT2D eigenvalue weighted by Gasteiger charge is -2.12. The topological polar surface area (TPSA) is 99.4 Å². The van der Waals surface area contributed by atoms with Gasteiger partial charge in [0.05, 0.1) is 32.6 Å². The van der Waals surface area contributed by atoms with Crippen LogP contribution in [0.25, 0.3) is 10.9 Å². The van der Waals surface area contributed by atoms with Crippen molar-refractivity contribution in [2.24, 2.45) is 0 Å². The zero-order valence-electron chi connectivity index (χ0n) is 14.4. The summed E-state index contributed by atoms with van der Waals surface area (Å²) in [5, 5.41) is 14.5. The Hall–Kier alpha value is -2.99. The average Bonchev–Trinajstić information content (AvgIpc) is 2.68. The van der Waals surface area contributed by atoms with Crippen molar-refractivity contribution in [2.75, 3.05) is 18.5 Å². The van der Waals surface area contributed by atoms with E-state index >= 15 is 0 Å². The Morgan fingerprint density at radius 1 is 1.24 bits per heavy atom. The van der Waals surface area contributed by atoms with Gasteiger partial charge < -0.3 is 14.8 Å². The highest BCUT2D eigenvalue weighted by atomic mass is 79.9. The van der Waals surface area contributed by atoms with Gasteiger partial charge in [-0.05, 0) is 28.1 Å². The number of benzene rings is 2. The van der Waals surface area contributed by atoms with Crippen molar-refractivity contribution in [1.29, 1.82) is 0 Å². The molecule has 0 spiro atoms. The van der Waals surface area contributed by atoms with Crippen molar-refractivity contribution in [3.63, 3.8) is 0 Å². The second-order valence-corrected chi connectivity index (χ2v) is 6.38. The van der Waals surface area contributed by atoms with Crippen molar-refractivity contribution in [3.05, 3.63) is 57.1 Å². The van der Waals surface area contributed by atoms with Gasteiger partial charge in [0.25, 0.3) is 0 Å². The van der Waals surface area contributed by atoms with Crippen LogP contribution in [0.1, 0.15) is 0 Å². The lowest BCUT2D eigenvalue weighted by molar-refractivity contribution is -0.385. The first-order chi connectivity index (χ1) is 13.9. The number of halogens is 4. The molecule has 12 heteroatoms. The second-order valence-electron chi connectivity index (χ2n) is 5.52. The number of hydrogen-bond acceptors (Lipinski definition) is 7. The quantitative estimate of drug-likeness (QED) is 0.285. The van der Waals surface area contributed by atoms with Gasteiger partial charge in [-0.3, -0.25) is 10.1 Å². The SMILES string of the molecule is O=[N+]([O-])c1cc2c(Nc3cccc(Br)c3F)ncnc2cc1OCCOC(F)F. The molecule has 0 saturated heterocycles. The van der Waals surface area contributed by atoms with Crippen LogP contribution in [0.3, 0.4) is 0 Å². The van der Waals surface area contributed by atoms with Crippen molar-refractivity contribution >= 4 is 44.0 Å². The van der Waals surface area contributed by atoms with Crippen LogP contribution in [-0.2, 0) is 4.74 Å². The van der Waals surface area contributed by atoms with Crippen molar-refractivity contribution in [1.82, 2.24) is 9.97 Å². The summed E-state index contributed by atoms with van der Waals surface area (Å²) < 4.78 is 47.8. The molecule has 0 aliphatic heterocycles. The minimum absolute atomic E-state index is 0.103. The second kappa shape index (κ2) is 9.01. The smallest absolute Gasteiger partial charge is 0.345 e. The molecule has 0 radical (unpaired) electrons. The predicted octanol–water partition coefficient (Wildman–Crippen LogP) is 4.80. The molecule has 0 fully saturated rings. The molecule has 0 amide bonds. The number of rotatable bonds is 8. The number of nitro benzene ring substituents is 1. The first-order valence-electron chi connectivity index (χ1n) is 8.03. The highest BCUT2D eigenvalue weighted by Gasteiger charge is 2.20. The van der Waals surface area contributed by atoms with Gasteiger partial charge in [-0.25, -0.2) is 14.4 Å². The molecule has 2 aromatic carbocycles. The molecule has 8 nitrogen and oxygen atoms in total. The molecule has 3 aromatic rings. The molecule has 1 heterocycles. The molecule has 29 heavy (non-hydrogen) atoms. The van der Waals surface area contributed by atoms with E-state index in [-0.39, 0.29) is 39.2 Å². The fraction of sp³-hybridized carbons (Fsp3) is 0.176. The summed E-state index contributed by atoms with van der Waals surface area (Å²) in [7, 11) is 0. The molecule has 1 aromatic heterocycles. The maximum Gasteiger partial charge on any atom is 0.345 e. The van der Waals surface area contributed by atoms with E-state index in [1.807, 2.05) is 0 Å². The molecule has 0 aliphatic rings. The Balaban J connectivity index is 1.96. The number of aromatic nitrogens is 2. The highest BCUT2D eigenvalue weighted by molar-refractivity contribution is 9.10. The minimum atomic E-state index is -2.97. The number of nitro groups is 1. The predicted molar refractivity (Wildman–Crippen MR) is 101 cm³/mol. The number of nitrogens with zero attached hydrogens (tertiary/aromatic N) is 3. The Morgan fingerprint density at radius 2 is 2.03 bits per heavy atom. The van der Waals surface area contributed by atoms with Crippen LogP contribution in [0.2, 0.25) is 0 Å². The average molecular weight is 473 g/mol. The minimum Gasteiger partial charge on any atom is -0.484 e. The van der Waals surface area contributed by atoms with Gasteiger partial charge in [0.2, 0.25) is 0 Å². The van der Waals surface area contributed by atoms with E-state index in [1.54, 1.807) is 6.07 Å². The van der Waals surface area contributed by atoms with E-state index in [2.05, 4.69) is 36.0 Å². The summed E-state index contributed by atoms with van der Waals surface area (Å²) in [6, 6.07) is 7.04. The molecular formula is C17H12BrF3N4O4. The van der Waals surface area contributed by atoms with Crippen LogP contribution >= 0.6 is 15.9 Å². The summed E-state index contributed by atoms with van der Waals surface area (Å²) in [6.07, 6.45) is 1.19. The number of hydrogen-bond donors (Lipinski definition) is 1. The summed E-state index contributed by atoms with van der Waals surface area (Å²) in [6.45, 7) is -3.74. The molecule has 1 N–H and O–H groups in total. The summed E-state index contributed by atoms with van der Waals surface area (Å²) in [5.41, 5.74) is -0.0538. The number of fused-ring (bicyclic) bond motifs is 1. The third-order valence-electron chi connectivity index (χ3n) is 3.70. The fourth-order valence-corrected chi connectivity index (χ4v) is 2.81. The van der Waals surface area contributed by atoms with Gasteiger partial charge in [0.1, 0.15) is 18.8 Å². The first-order valence-corrected chi connectivity index (χ1v) is 8.83. The fourth-order valence-electron chi connectivity index (χ4n) is 2.45. The summed E-state index contributed by atoms with van der Waals surface area (Å²) in [5.74, 6) is -0.589. The normalized spacial score (nSPS) is 11.1.